The smallest absolute Gasteiger partial charge is 0.164 e. The molecule has 0 unspecified atom stereocenters. The molecule has 0 saturated carbocycles. The number of hydrogen-bond acceptors (Lipinski definition) is 4. The number of benzene rings is 3. The molecule has 0 aromatic heterocycles. The van der Waals surface area contributed by atoms with E-state index in [4.69, 9.17) is 14.5 Å². The van der Waals surface area contributed by atoms with Crippen LogP contribution in [-0.2, 0) is 13.1 Å². The molecule has 0 heterocycles. The summed E-state index contributed by atoms with van der Waals surface area (Å²) in [5.41, 5.74) is 3.35. The van der Waals surface area contributed by atoms with Gasteiger partial charge in [0, 0.05) is 17.6 Å². The van der Waals surface area contributed by atoms with Crippen LogP contribution in [0.1, 0.15) is 18.1 Å². The topological polar surface area (TPSA) is 34.1 Å². The van der Waals surface area contributed by atoms with Crippen LogP contribution < -0.4 is 9.47 Å². The van der Waals surface area contributed by atoms with Crippen LogP contribution in [0.25, 0.3) is 0 Å². The van der Waals surface area contributed by atoms with Crippen LogP contribution in [0, 0.1) is 0 Å². The van der Waals surface area contributed by atoms with Crippen LogP contribution >= 0.6 is 27.7 Å². The molecule has 3 aromatic carbocycles. The Bertz CT molecular complexity index is 924. The van der Waals surface area contributed by atoms with Crippen LogP contribution in [0.2, 0.25) is 0 Å². The van der Waals surface area contributed by atoms with Gasteiger partial charge in [-0.1, -0.05) is 58.9 Å². The van der Waals surface area contributed by atoms with E-state index >= 15 is 0 Å². The molecule has 0 aliphatic carbocycles. The number of amidine groups is 1. The van der Waals surface area contributed by atoms with Crippen LogP contribution in [0.15, 0.2) is 82.3 Å². The van der Waals surface area contributed by atoms with Crippen LogP contribution in [-0.4, -0.2) is 30.0 Å². The summed E-state index contributed by atoms with van der Waals surface area (Å²) in [5.74, 6) is 2.66. The number of aliphatic imine (C=N–C) groups is 1. The van der Waals surface area contributed by atoms with E-state index in [2.05, 4.69) is 52.0 Å². The molecule has 0 radical (unpaired) electrons. The van der Waals surface area contributed by atoms with Crippen molar-refractivity contribution in [3.63, 3.8) is 0 Å². The number of nitrogens with zero attached hydrogens (tertiary/aromatic N) is 2. The molecule has 6 heteroatoms. The molecule has 0 aliphatic rings. The summed E-state index contributed by atoms with van der Waals surface area (Å²) in [6.45, 7) is 3.65. The van der Waals surface area contributed by atoms with E-state index in [9.17, 15) is 0 Å². The van der Waals surface area contributed by atoms with Crippen molar-refractivity contribution in [3.05, 3.63) is 88.4 Å². The quantitative estimate of drug-likeness (QED) is 0.249. The average Bonchev–Trinajstić information content (AvgIpc) is 2.81. The molecule has 0 N–H and O–H groups in total. The molecule has 0 bridgehead atoms. The lowest BCUT2D eigenvalue weighted by Crippen LogP contribution is -2.28. The van der Waals surface area contributed by atoms with E-state index in [1.807, 2.05) is 48.5 Å². The van der Waals surface area contributed by atoms with Crippen molar-refractivity contribution in [2.45, 2.75) is 20.0 Å². The molecule has 0 aliphatic heterocycles. The first-order valence-corrected chi connectivity index (χ1v) is 11.9. The van der Waals surface area contributed by atoms with Crippen molar-refractivity contribution >= 4 is 38.5 Å². The first-order chi connectivity index (χ1) is 15.1. The highest BCUT2D eigenvalue weighted by Crippen LogP contribution is 2.24. The molecular weight excluding hydrogens is 472 g/mol. The Balaban J connectivity index is 1.92. The number of rotatable bonds is 8. The summed E-state index contributed by atoms with van der Waals surface area (Å²) >= 11 is 5.25. The van der Waals surface area contributed by atoms with E-state index in [1.54, 1.807) is 26.0 Å². The molecular formula is C25H27BrN2O2S. The summed E-state index contributed by atoms with van der Waals surface area (Å²) < 4.78 is 11.7. The summed E-state index contributed by atoms with van der Waals surface area (Å²) in [6.07, 6.45) is 0. The molecule has 162 valence electrons. The lowest BCUT2D eigenvalue weighted by Gasteiger charge is -2.26. The lowest BCUT2D eigenvalue weighted by molar-refractivity contribution is 0.405. The monoisotopic (exact) mass is 498 g/mol. The normalized spacial score (nSPS) is 11.3. The van der Waals surface area contributed by atoms with E-state index in [0.717, 1.165) is 45.7 Å². The third-order valence-electron chi connectivity index (χ3n) is 4.66. The summed E-state index contributed by atoms with van der Waals surface area (Å²) in [6, 6.07) is 24.5. The van der Waals surface area contributed by atoms with Gasteiger partial charge in [0.05, 0.1) is 19.9 Å². The highest BCUT2D eigenvalue weighted by Gasteiger charge is 2.14. The predicted molar refractivity (Wildman–Crippen MR) is 135 cm³/mol. The van der Waals surface area contributed by atoms with Gasteiger partial charge in [0.15, 0.2) is 5.17 Å². The lowest BCUT2D eigenvalue weighted by atomic mass is 10.1. The van der Waals surface area contributed by atoms with Gasteiger partial charge in [-0.15, -0.1) is 0 Å². The van der Waals surface area contributed by atoms with Gasteiger partial charge < -0.3 is 14.4 Å². The minimum atomic E-state index is 0.748. The SMILES string of the molecule is CCSC(=Nc1ccc(Br)cc1)N(Cc1ccc(OC)cc1)Cc1ccc(OC)cc1. The van der Waals surface area contributed by atoms with Gasteiger partial charge in [-0.25, -0.2) is 4.99 Å². The minimum absolute atomic E-state index is 0.748. The number of methoxy groups -OCH3 is 2. The molecule has 0 spiro atoms. The fourth-order valence-corrected chi connectivity index (χ4v) is 4.05. The van der Waals surface area contributed by atoms with Gasteiger partial charge in [0.2, 0.25) is 0 Å². The second-order valence-electron chi connectivity index (χ2n) is 6.86. The summed E-state index contributed by atoms with van der Waals surface area (Å²) in [7, 11) is 3.37. The van der Waals surface area contributed by atoms with Gasteiger partial charge in [-0.3, -0.25) is 0 Å². The zero-order valence-corrected chi connectivity index (χ0v) is 20.4. The Labute approximate surface area is 197 Å². The Morgan fingerprint density at radius 2 is 1.29 bits per heavy atom. The van der Waals surface area contributed by atoms with Crippen molar-refractivity contribution in [2.24, 2.45) is 4.99 Å². The van der Waals surface area contributed by atoms with Crippen LogP contribution in [0.5, 0.6) is 11.5 Å². The van der Waals surface area contributed by atoms with Crippen LogP contribution in [0.4, 0.5) is 5.69 Å². The van der Waals surface area contributed by atoms with Crippen molar-refractivity contribution in [3.8, 4) is 11.5 Å². The number of halogens is 1. The van der Waals surface area contributed by atoms with Gasteiger partial charge in [0.25, 0.3) is 0 Å². The van der Waals surface area contributed by atoms with E-state index in [0.29, 0.717) is 0 Å². The highest BCUT2D eigenvalue weighted by molar-refractivity contribution is 9.10. The first-order valence-electron chi connectivity index (χ1n) is 10.1. The maximum Gasteiger partial charge on any atom is 0.164 e. The fourth-order valence-electron chi connectivity index (χ4n) is 3.04. The van der Waals surface area contributed by atoms with Gasteiger partial charge >= 0.3 is 0 Å². The number of thioether (sulfide) groups is 1. The first kappa shape index (κ1) is 23.2. The third-order valence-corrected chi connectivity index (χ3v) is 6.09. The number of hydrogen-bond donors (Lipinski definition) is 0. The second kappa shape index (κ2) is 11.8. The number of ether oxygens (including phenoxy) is 2. The zero-order valence-electron chi connectivity index (χ0n) is 18.0. The molecule has 0 atom stereocenters. The standard InChI is InChI=1S/C25H27BrN2O2S/c1-4-31-25(27-22-11-9-21(26)10-12-22)28(17-19-5-13-23(29-2)14-6-19)18-20-7-15-24(30-3)16-8-20/h5-16H,4,17-18H2,1-3H3. The predicted octanol–water partition coefficient (Wildman–Crippen LogP) is 6.91. The Hall–Kier alpha value is -2.44. The largest absolute Gasteiger partial charge is 0.497 e. The summed E-state index contributed by atoms with van der Waals surface area (Å²) in [5, 5.41) is 0.997. The Morgan fingerprint density at radius 3 is 1.71 bits per heavy atom. The molecule has 0 fully saturated rings. The summed E-state index contributed by atoms with van der Waals surface area (Å²) in [4.78, 5) is 7.30. The minimum Gasteiger partial charge on any atom is -0.497 e. The Morgan fingerprint density at radius 1 is 0.806 bits per heavy atom. The molecule has 31 heavy (non-hydrogen) atoms. The molecule has 0 saturated heterocycles. The van der Waals surface area contributed by atoms with Gasteiger partial charge in [-0.2, -0.15) is 0 Å². The second-order valence-corrected chi connectivity index (χ2v) is 9.00. The zero-order chi connectivity index (χ0) is 22.1. The van der Waals surface area contributed by atoms with Crippen molar-refractivity contribution < 1.29 is 9.47 Å². The van der Waals surface area contributed by atoms with E-state index in [1.165, 1.54) is 11.1 Å². The van der Waals surface area contributed by atoms with Crippen molar-refractivity contribution in [1.29, 1.82) is 0 Å². The fraction of sp³-hybridized carbons (Fsp3) is 0.240. The Kier molecular flexibility index (Phi) is 8.85. The molecule has 4 nitrogen and oxygen atoms in total. The average molecular weight is 499 g/mol. The molecule has 0 amide bonds. The van der Waals surface area contributed by atoms with Crippen molar-refractivity contribution in [2.75, 3.05) is 20.0 Å². The highest BCUT2D eigenvalue weighted by atomic mass is 79.9. The molecule has 3 rings (SSSR count). The van der Waals surface area contributed by atoms with E-state index < -0.39 is 0 Å². The third kappa shape index (κ3) is 7.04. The molecule has 3 aromatic rings. The maximum atomic E-state index is 5.31. The van der Waals surface area contributed by atoms with Gasteiger partial charge in [-0.05, 0) is 65.4 Å². The van der Waals surface area contributed by atoms with Gasteiger partial charge in [0.1, 0.15) is 11.5 Å². The van der Waals surface area contributed by atoms with Crippen LogP contribution in [0.3, 0.4) is 0 Å². The van der Waals surface area contributed by atoms with E-state index in [-0.39, 0.29) is 0 Å². The van der Waals surface area contributed by atoms with Crippen molar-refractivity contribution in [1.82, 2.24) is 4.90 Å². The maximum absolute atomic E-state index is 5.31.